The van der Waals surface area contributed by atoms with Crippen LogP contribution in [0.25, 0.3) is 0 Å². The summed E-state index contributed by atoms with van der Waals surface area (Å²) in [6, 6.07) is 6.62. The molecule has 2 aromatic rings. The molecule has 11 nitrogen and oxygen atoms in total. The van der Waals surface area contributed by atoms with Gasteiger partial charge < -0.3 is 29.7 Å². The highest BCUT2D eigenvalue weighted by atomic mass is 19.1. The lowest BCUT2D eigenvalue weighted by Crippen LogP contribution is -2.72. The molecule has 4 N–H and O–H groups in total. The molecule has 6 radical (unpaired) electrons. The number of rotatable bonds is 6. The molecule has 0 bridgehead atoms. The van der Waals surface area contributed by atoms with Crippen molar-refractivity contribution in [3.8, 4) is 5.75 Å². The molecule has 202 valence electrons. The number of nitrogens with zero attached hydrogens (tertiary/aromatic N) is 2. The number of hydrogen-bond donors (Lipinski definition) is 4. The van der Waals surface area contributed by atoms with Gasteiger partial charge in [0, 0.05) is 41.9 Å². The third kappa shape index (κ3) is 4.61. The van der Waals surface area contributed by atoms with Gasteiger partial charge in [-0.25, -0.2) is 4.39 Å². The van der Waals surface area contributed by atoms with Crippen molar-refractivity contribution in [3.63, 3.8) is 0 Å². The molecule has 40 heavy (non-hydrogen) atoms. The Balaban J connectivity index is 1.42. The number of imide groups is 1. The van der Waals surface area contributed by atoms with E-state index in [-0.39, 0.29) is 34.5 Å². The van der Waals surface area contributed by atoms with E-state index in [2.05, 4.69) is 0 Å². The highest BCUT2D eigenvalue weighted by molar-refractivity contribution is 6.45. The van der Waals surface area contributed by atoms with Gasteiger partial charge in [-0.1, -0.05) is 24.3 Å². The van der Waals surface area contributed by atoms with E-state index in [1.54, 1.807) is 11.4 Å². The lowest BCUT2D eigenvalue weighted by molar-refractivity contribution is -0.204. The second kappa shape index (κ2) is 10.00. The van der Waals surface area contributed by atoms with Crippen LogP contribution in [-0.2, 0) is 33.1 Å². The van der Waals surface area contributed by atoms with E-state index in [9.17, 15) is 29.7 Å². The van der Waals surface area contributed by atoms with Gasteiger partial charge in [0.2, 0.25) is 11.7 Å². The largest absolute Gasteiger partial charge is 0.468 e. The van der Waals surface area contributed by atoms with Crippen LogP contribution in [0.5, 0.6) is 5.75 Å². The van der Waals surface area contributed by atoms with E-state index in [1.807, 2.05) is 4.90 Å². The monoisotopic (exact) mass is 545 g/mol. The molecule has 0 aromatic heterocycles. The van der Waals surface area contributed by atoms with E-state index in [0.717, 1.165) is 4.90 Å². The fraction of sp³-hybridized carbons (Fsp3) is 0.400. The van der Waals surface area contributed by atoms with Crippen LogP contribution in [0.3, 0.4) is 0 Å². The molecule has 3 aliphatic rings. The molecule has 2 unspecified atom stereocenters. The number of benzene rings is 2. The predicted octanol–water partition coefficient (Wildman–Crippen LogP) is -1.88. The predicted molar refractivity (Wildman–Crippen MR) is 137 cm³/mol. The highest BCUT2D eigenvalue weighted by Gasteiger charge is 2.61. The van der Waals surface area contributed by atoms with Crippen LogP contribution in [0.1, 0.15) is 27.0 Å². The Hall–Kier alpha value is -3.23. The van der Waals surface area contributed by atoms with Gasteiger partial charge in [-0.15, -0.1) is 0 Å². The number of fused-ring (bicyclic) bond motifs is 1. The topological polar surface area (TPSA) is 149 Å². The second-order valence-corrected chi connectivity index (χ2v) is 10.0. The summed E-state index contributed by atoms with van der Waals surface area (Å²) in [6.45, 7) is 2.12. The molecule has 2 fully saturated rings. The second-order valence-electron chi connectivity index (χ2n) is 10.0. The molecular formula is C25H23B3FN3O8. The van der Waals surface area contributed by atoms with Crippen LogP contribution in [0.4, 0.5) is 4.39 Å². The fourth-order valence-corrected chi connectivity index (χ4v) is 5.10. The third-order valence-electron chi connectivity index (χ3n) is 7.35. The zero-order valence-electron chi connectivity index (χ0n) is 21.2. The first-order valence-corrected chi connectivity index (χ1v) is 12.3. The Morgan fingerprint density at radius 2 is 1.80 bits per heavy atom. The summed E-state index contributed by atoms with van der Waals surface area (Å²) in [5, 5.41) is 30.4. The number of halogens is 1. The van der Waals surface area contributed by atoms with Gasteiger partial charge in [0.15, 0.2) is 13.5 Å². The van der Waals surface area contributed by atoms with Crippen LogP contribution in [0.2, 0.25) is 5.21 Å². The maximum atomic E-state index is 15.5. The molecular weight excluding hydrogens is 522 g/mol. The molecule has 3 aliphatic heterocycles. The van der Waals surface area contributed by atoms with Crippen molar-refractivity contribution in [3.05, 3.63) is 64.5 Å². The number of morpholine rings is 1. The molecule has 2 atom stereocenters. The lowest BCUT2D eigenvalue weighted by atomic mass is 9.44. The molecule has 5 rings (SSSR count). The smallest absolute Gasteiger partial charge is 0.285 e. The number of carbonyl (C=O) groups is 3. The maximum Gasteiger partial charge on any atom is 0.285 e. The van der Waals surface area contributed by atoms with Crippen molar-refractivity contribution in [2.24, 2.45) is 0 Å². The Labute approximate surface area is 232 Å². The normalized spacial score (nSPS) is 23.9. The Morgan fingerprint density at radius 3 is 2.50 bits per heavy atom. The standard InChI is InChI=1S/C25H23B3FN3O8/c26-23(27)19(20(33)30-22(35)24(23,36)37)32-12-15-14(21(32)34)4-2-6-17(15)40-25(28,38)16-5-1-3-13(18(16)29)11-31-7-9-39-10-8-31/h1-6,19,36-38H,7-12H2,(H,30,33,35). The fourth-order valence-electron chi connectivity index (χ4n) is 5.10. The minimum absolute atomic E-state index is 0.00294. The van der Waals surface area contributed by atoms with E-state index in [0.29, 0.717) is 26.3 Å². The van der Waals surface area contributed by atoms with Crippen molar-refractivity contribution < 1.29 is 43.6 Å². The van der Waals surface area contributed by atoms with Crippen LogP contribution < -0.4 is 10.1 Å². The van der Waals surface area contributed by atoms with Crippen LogP contribution in [-0.4, -0.2) is 105 Å². The minimum atomic E-state index is -3.39. The number of aliphatic hydroxyl groups is 3. The maximum absolute atomic E-state index is 15.5. The molecule has 0 saturated carbocycles. The quantitative estimate of drug-likeness (QED) is 0.186. The number of ether oxygens (including phenoxy) is 2. The van der Waals surface area contributed by atoms with Gasteiger partial charge in [-0.2, -0.15) is 0 Å². The first-order valence-electron chi connectivity index (χ1n) is 12.3. The summed E-state index contributed by atoms with van der Waals surface area (Å²) in [5.74, 6) is -7.76. The first kappa shape index (κ1) is 28.3. The number of hydrogen-bond acceptors (Lipinski definition) is 9. The number of piperidine rings is 1. The van der Waals surface area contributed by atoms with Crippen LogP contribution >= 0.6 is 0 Å². The van der Waals surface area contributed by atoms with Crippen molar-refractivity contribution >= 4 is 41.3 Å². The summed E-state index contributed by atoms with van der Waals surface area (Å²) < 4.78 is 26.5. The molecule has 0 spiro atoms. The summed E-state index contributed by atoms with van der Waals surface area (Å²) in [7, 11) is 17.7. The molecule has 0 aliphatic carbocycles. The Morgan fingerprint density at radius 1 is 1.12 bits per heavy atom. The summed E-state index contributed by atoms with van der Waals surface area (Å²) in [4.78, 5) is 40.7. The molecule has 2 aromatic carbocycles. The lowest BCUT2D eigenvalue weighted by Gasteiger charge is -2.49. The minimum Gasteiger partial charge on any atom is -0.468 e. The third-order valence-corrected chi connectivity index (χ3v) is 7.35. The SMILES string of the molecule is [B]C(O)(Oc1cccc2c1CN(C1C(=O)NC(=O)C(O)(O)C1([B])[B])C2=O)c1cccc(CN2CCOCC2)c1F. The summed E-state index contributed by atoms with van der Waals surface area (Å²) >= 11 is 0. The van der Waals surface area contributed by atoms with Crippen LogP contribution in [0.15, 0.2) is 36.4 Å². The zero-order valence-corrected chi connectivity index (χ0v) is 21.2. The summed E-state index contributed by atoms with van der Waals surface area (Å²) in [5.41, 5.74) is -2.62. The molecule has 3 heterocycles. The van der Waals surface area contributed by atoms with E-state index in [4.69, 9.17) is 33.0 Å². The average molecular weight is 545 g/mol. The van der Waals surface area contributed by atoms with Gasteiger partial charge in [0.05, 0.1) is 35.5 Å². The number of amides is 3. The molecule has 15 heteroatoms. The van der Waals surface area contributed by atoms with E-state index in [1.165, 1.54) is 30.3 Å². The Bertz CT molecular complexity index is 1380. The van der Waals surface area contributed by atoms with Crippen molar-refractivity contribution in [1.82, 2.24) is 15.1 Å². The van der Waals surface area contributed by atoms with Gasteiger partial charge in [-0.3, -0.25) is 24.6 Å². The van der Waals surface area contributed by atoms with Gasteiger partial charge in [0.25, 0.3) is 11.8 Å². The van der Waals surface area contributed by atoms with Crippen LogP contribution in [0, 0.1) is 5.82 Å². The van der Waals surface area contributed by atoms with Gasteiger partial charge >= 0.3 is 0 Å². The zero-order chi connectivity index (χ0) is 29.0. The average Bonchev–Trinajstić information content (AvgIpc) is 3.21. The van der Waals surface area contributed by atoms with Gasteiger partial charge in [0.1, 0.15) is 17.6 Å². The number of nitrogens with one attached hydrogen (secondary N) is 1. The van der Waals surface area contributed by atoms with E-state index >= 15 is 4.39 Å². The van der Waals surface area contributed by atoms with E-state index < -0.39 is 52.8 Å². The van der Waals surface area contributed by atoms with Gasteiger partial charge in [-0.05, 0) is 17.3 Å². The highest BCUT2D eigenvalue weighted by Crippen LogP contribution is 2.44. The Kier molecular flexibility index (Phi) is 7.08. The summed E-state index contributed by atoms with van der Waals surface area (Å²) in [6.07, 6.45) is 0. The molecule has 3 amide bonds. The first-order chi connectivity index (χ1) is 18.8. The molecule has 2 saturated heterocycles. The number of carbonyl (C=O) groups excluding carboxylic acids is 3. The van der Waals surface area contributed by atoms with Crippen molar-refractivity contribution in [2.45, 2.75) is 35.8 Å². The van der Waals surface area contributed by atoms with Crippen molar-refractivity contribution in [1.29, 1.82) is 0 Å². The van der Waals surface area contributed by atoms with Crippen molar-refractivity contribution in [2.75, 3.05) is 26.3 Å².